The highest BCUT2D eigenvalue weighted by molar-refractivity contribution is 5.43. The Hall–Kier alpha value is -1.42. The summed E-state index contributed by atoms with van der Waals surface area (Å²) in [6.45, 7) is 3.77. The predicted octanol–water partition coefficient (Wildman–Crippen LogP) is 2.70. The number of nitrogens with two attached hydrogens (primary N) is 1. The fourth-order valence-corrected chi connectivity index (χ4v) is 1.53. The van der Waals surface area contributed by atoms with Crippen LogP contribution in [-0.4, -0.2) is 4.92 Å². The minimum absolute atomic E-state index is 0.103. The molecule has 82 valence electrons. The molecule has 0 aliphatic rings. The summed E-state index contributed by atoms with van der Waals surface area (Å²) < 4.78 is 0. The van der Waals surface area contributed by atoms with E-state index in [2.05, 4.69) is 0 Å². The number of nitro benzene ring substituents is 1. The van der Waals surface area contributed by atoms with Gasteiger partial charge >= 0.3 is 0 Å². The molecule has 4 heteroatoms. The fourth-order valence-electron chi connectivity index (χ4n) is 1.53. The minimum atomic E-state index is -0.364. The number of hydrogen-bond donors (Lipinski definition) is 1. The van der Waals surface area contributed by atoms with Crippen LogP contribution in [0.2, 0.25) is 0 Å². The van der Waals surface area contributed by atoms with E-state index < -0.39 is 0 Å². The van der Waals surface area contributed by atoms with Gasteiger partial charge in [0.2, 0.25) is 0 Å². The van der Waals surface area contributed by atoms with E-state index in [0.29, 0.717) is 5.56 Å². The standard InChI is InChI=1S/C11H16N2O2/c1-3-4-10(12)9-6-5-8(2)11(7-9)13(14)15/h5-7,10H,3-4,12H2,1-2H3/t10-/m1/s1. The molecule has 1 atom stereocenters. The molecule has 15 heavy (non-hydrogen) atoms. The van der Waals surface area contributed by atoms with E-state index in [0.717, 1.165) is 18.4 Å². The zero-order valence-corrected chi connectivity index (χ0v) is 9.06. The predicted molar refractivity (Wildman–Crippen MR) is 59.7 cm³/mol. The van der Waals surface area contributed by atoms with Crippen molar-refractivity contribution in [2.24, 2.45) is 5.73 Å². The van der Waals surface area contributed by atoms with Gasteiger partial charge in [0, 0.05) is 17.7 Å². The average Bonchev–Trinajstić information content (AvgIpc) is 2.18. The van der Waals surface area contributed by atoms with Crippen LogP contribution < -0.4 is 5.73 Å². The van der Waals surface area contributed by atoms with Crippen LogP contribution in [0.25, 0.3) is 0 Å². The maximum absolute atomic E-state index is 10.7. The van der Waals surface area contributed by atoms with Crippen molar-refractivity contribution in [2.45, 2.75) is 32.7 Å². The molecule has 2 N–H and O–H groups in total. The molecule has 1 rings (SSSR count). The molecule has 0 aliphatic heterocycles. The Morgan fingerprint density at radius 3 is 2.73 bits per heavy atom. The summed E-state index contributed by atoms with van der Waals surface area (Å²) in [5.41, 5.74) is 7.57. The van der Waals surface area contributed by atoms with Gasteiger partial charge in [-0.1, -0.05) is 25.5 Å². The number of hydrogen-bond acceptors (Lipinski definition) is 3. The van der Waals surface area contributed by atoms with Gasteiger partial charge in [0.15, 0.2) is 0 Å². The molecule has 0 fully saturated rings. The van der Waals surface area contributed by atoms with Gasteiger partial charge in [-0.15, -0.1) is 0 Å². The van der Waals surface area contributed by atoms with Crippen LogP contribution in [0.1, 0.15) is 36.9 Å². The second-order valence-corrected chi connectivity index (χ2v) is 3.70. The van der Waals surface area contributed by atoms with Crippen molar-refractivity contribution in [3.63, 3.8) is 0 Å². The van der Waals surface area contributed by atoms with Gasteiger partial charge in [0.1, 0.15) is 0 Å². The second kappa shape index (κ2) is 4.89. The summed E-state index contributed by atoms with van der Waals surface area (Å²) in [5, 5.41) is 10.7. The van der Waals surface area contributed by atoms with Crippen LogP contribution in [0.5, 0.6) is 0 Å². The van der Waals surface area contributed by atoms with Gasteiger partial charge in [-0.05, 0) is 18.9 Å². The van der Waals surface area contributed by atoms with E-state index >= 15 is 0 Å². The highest BCUT2D eigenvalue weighted by Crippen LogP contribution is 2.24. The Labute approximate surface area is 89.2 Å². The quantitative estimate of drug-likeness (QED) is 0.611. The van der Waals surface area contributed by atoms with E-state index in [4.69, 9.17) is 5.73 Å². The maximum atomic E-state index is 10.7. The summed E-state index contributed by atoms with van der Waals surface area (Å²) in [7, 11) is 0. The molecule has 0 radical (unpaired) electrons. The van der Waals surface area contributed by atoms with Crippen molar-refractivity contribution in [2.75, 3.05) is 0 Å². The summed E-state index contributed by atoms with van der Waals surface area (Å²) >= 11 is 0. The lowest BCUT2D eigenvalue weighted by molar-refractivity contribution is -0.385. The Bertz CT molecular complexity index is 364. The highest BCUT2D eigenvalue weighted by Gasteiger charge is 2.13. The van der Waals surface area contributed by atoms with E-state index in [1.54, 1.807) is 19.1 Å². The first-order chi connectivity index (χ1) is 7.06. The van der Waals surface area contributed by atoms with E-state index in [9.17, 15) is 10.1 Å². The zero-order chi connectivity index (χ0) is 11.4. The van der Waals surface area contributed by atoms with Crippen LogP contribution in [0, 0.1) is 17.0 Å². The molecule has 0 bridgehead atoms. The molecule has 0 saturated carbocycles. The molecule has 0 heterocycles. The van der Waals surface area contributed by atoms with E-state index in [1.807, 2.05) is 13.0 Å². The Kier molecular flexibility index (Phi) is 3.80. The van der Waals surface area contributed by atoms with Crippen molar-refractivity contribution < 1.29 is 4.92 Å². The second-order valence-electron chi connectivity index (χ2n) is 3.70. The van der Waals surface area contributed by atoms with Crippen LogP contribution >= 0.6 is 0 Å². The third kappa shape index (κ3) is 2.76. The smallest absolute Gasteiger partial charge is 0.272 e. The molecule has 0 amide bonds. The molecule has 1 aromatic carbocycles. The Balaban J connectivity index is 3.02. The lowest BCUT2D eigenvalue weighted by Gasteiger charge is -2.10. The van der Waals surface area contributed by atoms with Crippen molar-refractivity contribution in [3.05, 3.63) is 39.4 Å². The molecule has 0 aromatic heterocycles. The largest absolute Gasteiger partial charge is 0.324 e. The molecule has 0 aliphatic carbocycles. The first kappa shape index (κ1) is 11.7. The number of aryl methyl sites for hydroxylation is 1. The summed E-state index contributed by atoms with van der Waals surface area (Å²) in [6.07, 6.45) is 1.82. The third-order valence-electron chi connectivity index (χ3n) is 2.46. The molecule has 4 nitrogen and oxygen atoms in total. The molecular weight excluding hydrogens is 192 g/mol. The molecule has 1 aromatic rings. The SMILES string of the molecule is CCC[C@@H](N)c1ccc(C)c([N+](=O)[O-])c1. The van der Waals surface area contributed by atoms with Crippen molar-refractivity contribution in [1.29, 1.82) is 0 Å². The Morgan fingerprint density at radius 1 is 1.53 bits per heavy atom. The van der Waals surface area contributed by atoms with Crippen molar-refractivity contribution in [1.82, 2.24) is 0 Å². The van der Waals surface area contributed by atoms with Crippen molar-refractivity contribution in [3.8, 4) is 0 Å². The number of nitro groups is 1. The fraction of sp³-hybridized carbons (Fsp3) is 0.455. The molecule has 0 unspecified atom stereocenters. The van der Waals surface area contributed by atoms with E-state index in [-0.39, 0.29) is 16.7 Å². The third-order valence-corrected chi connectivity index (χ3v) is 2.46. The average molecular weight is 208 g/mol. The van der Waals surface area contributed by atoms with Crippen LogP contribution in [0.3, 0.4) is 0 Å². The maximum Gasteiger partial charge on any atom is 0.272 e. The van der Waals surface area contributed by atoms with Gasteiger partial charge in [-0.25, -0.2) is 0 Å². The Morgan fingerprint density at radius 2 is 2.20 bits per heavy atom. The van der Waals surface area contributed by atoms with Crippen molar-refractivity contribution >= 4 is 5.69 Å². The van der Waals surface area contributed by atoms with E-state index in [1.165, 1.54) is 0 Å². The van der Waals surface area contributed by atoms with Gasteiger partial charge in [-0.3, -0.25) is 10.1 Å². The number of benzene rings is 1. The number of rotatable bonds is 4. The lowest BCUT2D eigenvalue weighted by atomic mass is 10.0. The minimum Gasteiger partial charge on any atom is -0.324 e. The molecular formula is C11H16N2O2. The van der Waals surface area contributed by atoms with Gasteiger partial charge in [0.05, 0.1) is 4.92 Å². The first-order valence-electron chi connectivity index (χ1n) is 5.06. The van der Waals surface area contributed by atoms with Gasteiger partial charge in [-0.2, -0.15) is 0 Å². The summed E-state index contributed by atoms with van der Waals surface area (Å²) in [5.74, 6) is 0. The van der Waals surface area contributed by atoms with Crippen LogP contribution in [0.15, 0.2) is 18.2 Å². The topological polar surface area (TPSA) is 69.2 Å². The molecule has 0 spiro atoms. The first-order valence-corrected chi connectivity index (χ1v) is 5.06. The number of nitrogens with zero attached hydrogens (tertiary/aromatic N) is 1. The van der Waals surface area contributed by atoms with Crippen LogP contribution in [0.4, 0.5) is 5.69 Å². The monoisotopic (exact) mass is 208 g/mol. The van der Waals surface area contributed by atoms with Gasteiger partial charge in [0.25, 0.3) is 5.69 Å². The summed E-state index contributed by atoms with van der Waals surface area (Å²) in [6, 6.07) is 5.09. The normalized spacial score (nSPS) is 12.5. The van der Waals surface area contributed by atoms with Crippen LogP contribution in [-0.2, 0) is 0 Å². The zero-order valence-electron chi connectivity index (χ0n) is 9.06. The van der Waals surface area contributed by atoms with Gasteiger partial charge < -0.3 is 5.73 Å². The highest BCUT2D eigenvalue weighted by atomic mass is 16.6. The molecule has 0 saturated heterocycles. The lowest BCUT2D eigenvalue weighted by Crippen LogP contribution is -2.10. The summed E-state index contributed by atoms with van der Waals surface area (Å²) in [4.78, 5) is 10.4.